The Bertz CT molecular complexity index is 317. The summed E-state index contributed by atoms with van der Waals surface area (Å²) in [5, 5.41) is 6.87. The highest BCUT2D eigenvalue weighted by molar-refractivity contribution is 5.43. The average molecular weight is 222 g/mol. The van der Waals surface area contributed by atoms with Gasteiger partial charge < -0.3 is 10.6 Å². The Morgan fingerprint density at radius 3 is 2.81 bits per heavy atom. The summed E-state index contributed by atoms with van der Waals surface area (Å²) in [6.07, 6.45) is 3.68. The van der Waals surface area contributed by atoms with Crippen LogP contribution in [0.2, 0.25) is 0 Å². The van der Waals surface area contributed by atoms with Crippen molar-refractivity contribution in [2.45, 2.75) is 38.3 Å². The molecule has 1 aromatic carbocycles. The Kier molecular flexibility index (Phi) is 3.78. The molecule has 0 spiro atoms. The highest BCUT2D eigenvalue weighted by atomic mass is 19.1. The van der Waals surface area contributed by atoms with Gasteiger partial charge in [0.25, 0.3) is 0 Å². The van der Waals surface area contributed by atoms with Crippen LogP contribution in [-0.2, 0) is 0 Å². The zero-order valence-electron chi connectivity index (χ0n) is 9.67. The van der Waals surface area contributed by atoms with Crippen molar-refractivity contribution in [1.82, 2.24) is 5.32 Å². The van der Waals surface area contributed by atoms with Gasteiger partial charge in [-0.15, -0.1) is 0 Å². The predicted molar refractivity (Wildman–Crippen MR) is 65.1 cm³/mol. The fourth-order valence-electron chi connectivity index (χ4n) is 2.27. The lowest BCUT2D eigenvalue weighted by atomic mass is 10.1. The number of hydrogen-bond donors (Lipinski definition) is 2. The van der Waals surface area contributed by atoms with Crippen molar-refractivity contribution in [1.29, 1.82) is 0 Å². The van der Waals surface area contributed by atoms with Crippen LogP contribution in [0.4, 0.5) is 10.1 Å². The van der Waals surface area contributed by atoms with Gasteiger partial charge in [0, 0.05) is 17.8 Å². The van der Waals surface area contributed by atoms with Gasteiger partial charge in [-0.2, -0.15) is 0 Å². The van der Waals surface area contributed by atoms with E-state index in [2.05, 4.69) is 17.6 Å². The summed E-state index contributed by atoms with van der Waals surface area (Å²) in [7, 11) is 0. The van der Waals surface area contributed by atoms with Gasteiger partial charge >= 0.3 is 0 Å². The van der Waals surface area contributed by atoms with E-state index in [-0.39, 0.29) is 5.82 Å². The van der Waals surface area contributed by atoms with Crippen LogP contribution in [0, 0.1) is 5.82 Å². The Morgan fingerprint density at radius 2 is 2.19 bits per heavy atom. The van der Waals surface area contributed by atoms with Crippen LogP contribution < -0.4 is 10.6 Å². The van der Waals surface area contributed by atoms with E-state index >= 15 is 0 Å². The molecule has 0 saturated carbocycles. The van der Waals surface area contributed by atoms with Crippen LogP contribution in [0.5, 0.6) is 0 Å². The molecule has 16 heavy (non-hydrogen) atoms. The SMILES string of the molecule is CC(CC1CCCN1)Nc1ccc(F)cc1. The van der Waals surface area contributed by atoms with Crippen LogP contribution in [0.1, 0.15) is 26.2 Å². The Labute approximate surface area is 96.2 Å². The molecule has 88 valence electrons. The lowest BCUT2D eigenvalue weighted by Crippen LogP contribution is -2.29. The van der Waals surface area contributed by atoms with E-state index in [0.717, 1.165) is 18.7 Å². The third-order valence-corrected chi connectivity index (χ3v) is 3.06. The molecule has 0 aromatic heterocycles. The second kappa shape index (κ2) is 5.30. The van der Waals surface area contributed by atoms with Crippen molar-refractivity contribution in [2.75, 3.05) is 11.9 Å². The van der Waals surface area contributed by atoms with Crippen LogP contribution in [0.15, 0.2) is 24.3 Å². The Morgan fingerprint density at radius 1 is 1.44 bits per heavy atom. The topological polar surface area (TPSA) is 24.1 Å². The van der Waals surface area contributed by atoms with Crippen LogP contribution >= 0.6 is 0 Å². The van der Waals surface area contributed by atoms with E-state index in [4.69, 9.17) is 0 Å². The lowest BCUT2D eigenvalue weighted by Gasteiger charge is -2.19. The molecule has 0 radical (unpaired) electrons. The average Bonchev–Trinajstić information content (AvgIpc) is 2.74. The summed E-state index contributed by atoms with van der Waals surface area (Å²) >= 11 is 0. The molecule has 1 aliphatic heterocycles. The summed E-state index contributed by atoms with van der Waals surface area (Å²) in [5.41, 5.74) is 0.992. The minimum atomic E-state index is -0.185. The lowest BCUT2D eigenvalue weighted by molar-refractivity contribution is 0.523. The first-order valence-electron chi connectivity index (χ1n) is 5.99. The summed E-state index contributed by atoms with van der Waals surface area (Å²) in [5.74, 6) is -0.185. The van der Waals surface area contributed by atoms with Gasteiger partial charge in [0.15, 0.2) is 0 Å². The molecule has 0 aliphatic carbocycles. The molecular formula is C13H19FN2. The van der Waals surface area contributed by atoms with Gasteiger partial charge in [0.05, 0.1) is 0 Å². The molecule has 2 unspecified atom stereocenters. The van der Waals surface area contributed by atoms with Gasteiger partial charge in [0.2, 0.25) is 0 Å². The molecule has 3 heteroatoms. The molecule has 1 fully saturated rings. The number of nitrogens with one attached hydrogen (secondary N) is 2. The number of anilines is 1. The van der Waals surface area contributed by atoms with E-state index in [0.29, 0.717) is 12.1 Å². The monoisotopic (exact) mass is 222 g/mol. The van der Waals surface area contributed by atoms with Gasteiger partial charge in [-0.05, 0) is 57.0 Å². The normalized spacial score (nSPS) is 22.0. The second-order valence-electron chi connectivity index (χ2n) is 4.58. The van der Waals surface area contributed by atoms with Crippen LogP contribution in [0.3, 0.4) is 0 Å². The minimum Gasteiger partial charge on any atom is -0.383 e. The quantitative estimate of drug-likeness (QED) is 0.818. The van der Waals surface area contributed by atoms with E-state index in [1.165, 1.54) is 25.0 Å². The molecule has 2 atom stereocenters. The van der Waals surface area contributed by atoms with Crippen LogP contribution in [-0.4, -0.2) is 18.6 Å². The maximum absolute atomic E-state index is 12.7. The highest BCUT2D eigenvalue weighted by Gasteiger charge is 2.16. The largest absolute Gasteiger partial charge is 0.383 e. The molecule has 0 amide bonds. The van der Waals surface area contributed by atoms with E-state index in [1.807, 2.05) is 0 Å². The summed E-state index contributed by atoms with van der Waals surface area (Å²) < 4.78 is 12.7. The van der Waals surface area contributed by atoms with E-state index in [9.17, 15) is 4.39 Å². The van der Waals surface area contributed by atoms with Crippen molar-refractivity contribution in [3.8, 4) is 0 Å². The predicted octanol–water partition coefficient (Wildman–Crippen LogP) is 2.77. The van der Waals surface area contributed by atoms with Crippen molar-refractivity contribution in [3.05, 3.63) is 30.1 Å². The molecular weight excluding hydrogens is 203 g/mol. The molecule has 1 saturated heterocycles. The van der Waals surface area contributed by atoms with E-state index < -0.39 is 0 Å². The standard InChI is InChI=1S/C13H19FN2/c1-10(9-13-3-2-8-15-13)16-12-6-4-11(14)5-7-12/h4-7,10,13,15-16H,2-3,8-9H2,1H3. The maximum Gasteiger partial charge on any atom is 0.123 e. The van der Waals surface area contributed by atoms with E-state index in [1.54, 1.807) is 12.1 Å². The first-order valence-corrected chi connectivity index (χ1v) is 5.99. The van der Waals surface area contributed by atoms with Crippen molar-refractivity contribution >= 4 is 5.69 Å². The van der Waals surface area contributed by atoms with Gasteiger partial charge in [-0.3, -0.25) is 0 Å². The molecule has 1 aromatic rings. The number of hydrogen-bond acceptors (Lipinski definition) is 2. The molecule has 2 N–H and O–H groups in total. The molecule has 1 aliphatic rings. The third kappa shape index (κ3) is 3.20. The summed E-state index contributed by atoms with van der Waals surface area (Å²) in [6, 6.07) is 7.61. The van der Waals surface area contributed by atoms with Crippen molar-refractivity contribution in [3.63, 3.8) is 0 Å². The molecule has 0 bridgehead atoms. The molecule has 1 heterocycles. The Balaban J connectivity index is 1.81. The zero-order chi connectivity index (χ0) is 11.4. The maximum atomic E-state index is 12.7. The van der Waals surface area contributed by atoms with Crippen LogP contribution in [0.25, 0.3) is 0 Å². The van der Waals surface area contributed by atoms with Gasteiger partial charge in [0.1, 0.15) is 5.82 Å². The summed E-state index contributed by atoms with van der Waals surface area (Å²) in [4.78, 5) is 0. The fraction of sp³-hybridized carbons (Fsp3) is 0.538. The minimum absolute atomic E-state index is 0.185. The smallest absolute Gasteiger partial charge is 0.123 e. The Hall–Kier alpha value is -1.09. The fourth-order valence-corrected chi connectivity index (χ4v) is 2.27. The third-order valence-electron chi connectivity index (χ3n) is 3.06. The first kappa shape index (κ1) is 11.4. The van der Waals surface area contributed by atoms with Gasteiger partial charge in [-0.25, -0.2) is 4.39 Å². The highest BCUT2D eigenvalue weighted by Crippen LogP contribution is 2.15. The number of benzene rings is 1. The molecule has 2 nitrogen and oxygen atoms in total. The summed E-state index contributed by atoms with van der Waals surface area (Å²) in [6.45, 7) is 3.32. The zero-order valence-corrected chi connectivity index (χ0v) is 9.67. The van der Waals surface area contributed by atoms with Gasteiger partial charge in [-0.1, -0.05) is 0 Å². The first-order chi connectivity index (χ1) is 7.74. The number of rotatable bonds is 4. The number of halogens is 1. The van der Waals surface area contributed by atoms with Crippen molar-refractivity contribution < 1.29 is 4.39 Å². The van der Waals surface area contributed by atoms with Crippen molar-refractivity contribution in [2.24, 2.45) is 0 Å². The second-order valence-corrected chi connectivity index (χ2v) is 4.58. The molecule has 2 rings (SSSR count).